The largest absolute Gasteiger partial charge is 0.522 e. The van der Waals surface area contributed by atoms with Crippen molar-refractivity contribution in [3.05, 3.63) is 76.5 Å². The Morgan fingerprint density at radius 2 is 1.87 bits per heavy atom. The van der Waals surface area contributed by atoms with Gasteiger partial charge in [0.1, 0.15) is 17.8 Å². The van der Waals surface area contributed by atoms with Crippen LogP contribution in [0.2, 0.25) is 0 Å². The van der Waals surface area contributed by atoms with Crippen molar-refractivity contribution in [2.45, 2.75) is 36.1 Å². The summed E-state index contributed by atoms with van der Waals surface area (Å²) >= 11 is 0. The third-order valence-electron chi connectivity index (χ3n) is 6.23. The van der Waals surface area contributed by atoms with Crippen LogP contribution in [0.5, 0.6) is 5.75 Å². The molecule has 5 rings (SSSR count). The lowest BCUT2D eigenvalue weighted by Crippen LogP contribution is -2.35. The number of nitrogens with one attached hydrogen (secondary N) is 1. The van der Waals surface area contributed by atoms with Crippen LogP contribution in [0.4, 0.5) is 23.4 Å². The number of aromatic nitrogens is 2. The van der Waals surface area contributed by atoms with E-state index in [1.807, 2.05) is 0 Å². The Morgan fingerprint density at radius 1 is 1.11 bits per heavy atom. The SMILES string of the molecule is COc1cc([C@H]2C[C@@H](OC(F)(F)F)C2)c(F)cc1-n1c(=O)ccc2cc(S(=O)(=O)Nc3ccon3)ccc21. The number of sulfonamides is 1. The molecule has 2 heterocycles. The fraction of sp³-hybridized carbons (Fsp3) is 0.250. The van der Waals surface area contributed by atoms with Crippen molar-refractivity contribution in [1.82, 2.24) is 9.72 Å². The first-order valence-electron chi connectivity index (χ1n) is 11.2. The number of ether oxygens (including phenoxy) is 2. The molecule has 4 aromatic rings. The van der Waals surface area contributed by atoms with E-state index in [2.05, 4.69) is 19.1 Å². The number of hydrogen-bond acceptors (Lipinski definition) is 7. The Labute approximate surface area is 212 Å². The molecule has 1 fully saturated rings. The van der Waals surface area contributed by atoms with Crippen LogP contribution in [0, 0.1) is 5.82 Å². The van der Waals surface area contributed by atoms with Crippen LogP contribution in [-0.4, -0.2) is 37.7 Å². The topological polar surface area (TPSA) is 113 Å². The molecule has 0 bridgehead atoms. The first kappa shape index (κ1) is 25.7. The first-order valence-corrected chi connectivity index (χ1v) is 12.6. The van der Waals surface area contributed by atoms with Gasteiger partial charge in [0.25, 0.3) is 15.6 Å². The second-order valence-corrected chi connectivity index (χ2v) is 10.3. The average Bonchev–Trinajstić information content (AvgIpc) is 3.33. The Bertz CT molecular complexity index is 1660. The number of rotatable bonds is 7. The Morgan fingerprint density at radius 3 is 2.53 bits per heavy atom. The molecule has 2 aromatic carbocycles. The summed E-state index contributed by atoms with van der Waals surface area (Å²) in [6.45, 7) is 0. The van der Waals surface area contributed by atoms with Crippen LogP contribution in [-0.2, 0) is 14.8 Å². The van der Waals surface area contributed by atoms with Crippen molar-refractivity contribution in [3.8, 4) is 11.4 Å². The standard InChI is InChI=1S/C24H19F4N3O6S/c1-35-21-11-17(14-8-15(9-14)37-24(26,27)28)18(25)12-20(21)31-19-4-3-16(10-13(19)2-5-23(31)32)38(33,34)30-22-6-7-36-29-22/h2-7,10-12,14-15H,8-9H2,1H3,(H,29,30)/t14-,15+. The van der Waals surface area contributed by atoms with Gasteiger partial charge in [-0.3, -0.25) is 18.8 Å². The summed E-state index contributed by atoms with van der Waals surface area (Å²) < 4.78 is 95.4. The molecule has 1 saturated carbocycles. The minimum absolute atomic E-state index is 0.0156. The zero-order valence-electron chi connectivity index (χ0n) is 19.5. The summed E-state index contributed by atoms with van der Waals surface area (Å²) in [5.74, 6) is -1.14. The number of alkyl halides is 3. The van der Waals surface area contributed by atoms with E-state index in [0.717, 1.165) is 6.07 Å². The second kappa shape index (κ2) is 9.44. The lowest BCUT2D eigenvalue weighted by Gasteiger charge is -2.36. The number of fused-ring (bicyclic) bond motifs is 1. The molecule has 200 valence electrons. The van der Waals surface area contributed by atoms with Gasteiger partial charge in [-0.05, 0) is 54.7 Å². The molecule has 2 aromatic heterocycles. The third kappa shape index (κ3) is 4.96. The highest BCUT2D eigenvalue weighted by Gasteiger charge is 2.41. The summed E-state index contributed by atoms with van der Waals surface area (Å²) in [4.78, 5) is 12.8. The maximum absolute atomic E-state index is 15.2. The quantitative estimate of drug-likeness (QED) is 0.330. The number of nitrogens with zero attached hydrogens (tertiary/aromatic N) is 2. The van der Waals surface area contributed by atoms with Gasteiger partial charge in [0.05, 0.1) is 29.3 Å². The van der Waals surface area contributed by atoms with Gasteiger partial charge in [0.15, 0.2) is 5.82 Å². The van der Waals surface area contributed by atoms with Crippen LogP contribution < -0.4 is 15.0 Å². The van der Waals surface area contributed by atoms with Crippen LogP contribution in [0.3, 0.4) is 0 Å². The van der Waals surface area contributed by atoms with Gasteiger partial charge in [0, 0.05) is 23.6 Å². The predicted octanol–water partition coefficient (Wildman–Crippen LogP) is 4.71. The molecule has 0 saturated heterocycles. The summed E-state index contributed by atoms with van der Waals surface area (Å²) in [6.07, 6.45) is -4.67. The first-order chi connectivity index (χ1) is 17.9. The average molecular weight is 553 g/mol. The van der Waals surface area contributed by atoms with E-state index < -0.39 is 39.8 Å². The van der Waals surface area contributed by atoms with Crippen molar-refractivity contribution in [1.29, 1.82) is 0 Å². The van der Waals surface area contributed by atoms with Gasteiger partial charge >= 0.3 is 6.36 Å². The van der Waals surface area contributed by atoms with E-state index in [9.17, 15) is 26.4 Å². The zero-order valence-corrected chi connectivity index (χ0v) is 20.3. The molecule has 1 N–H and O–H groups in total. The smallest absolute Gasteiger partial charge is 0.495 e. The van der Waals surface area contributed by atoms with Gasteiger partial charge in [-0.25, -0.2) is 12.8 Å². The van der Waals surface area contributed by atoms with Crippen molar-refractivity contribution in [2.24, 2.45) is 0 Å². The molecular weight excluding hydrogens is 534 g/mol. The normalized spacial score (nSPS) is 17.8. The second-order valence-electron chi connectivity index (χ2n) is 8.62. The number of hydrogen-bond donors (Lipinski definition) is 1. The zero-order chi connectivity index (χ0) is 27.2. The molecule has 0 aliphatic heterocycles. The third-order valence-corrected chi connectivity index (χ3v) is 7.58. The molecule has 14 heteroatoms. The maximum Gasteiger partial charge on any atom is 0.522 e. The van der Waals surface area contributed by atoms with Crippen molar-refractivity contribution < 1.29 is 40.0 Å². The number of anilines is 1. The monoisotopic (exact) mass is 553 g/mol. The summed E-state index contributed by atoms with van der Waals surface area (Å²) in [6, 6.07) is 10.4. The minimum Gasteiger partial charge on any atom is -0.495 e. The van der Waals surface area contributed by atoms with Crippen LogP contribution in [0.1, 0.15) is 24.3 Å². The Kier molecular flexibility index (Phi) is 6.39. The van der Waals surface area contributed by atoms with E-state index in [1.165, 1.54) is 60.4 Å². The molecule has 9 nitrogen and oxygen atoms in total. The van der Waals surface area contributed by atoms with E-state index in [-0.39, 0.29) is 46.1 Å². The summed E-state index contributed by atoms with van der Waals surface area (Å²) in [5, 5.41) is 3.87. The van der Waals surface area contributed by atoms with E-state index in [4.69, 9.17) is 4.74 Å². The number of halogens is 4. The van der Waals surface area contributed by atoms with Gasteiger partial charge in [0.2, 0.25) is 0 Å². The van der Waals surface area contributed by atoms with Gasteiger partial charge < -0.3 is 9.26 Å². The number of pyridine rings is 1. The van der Waals surface area contributed by atoms with Crippen LogP contribution >= 0.6 is 0 Å². The summed E-state index contributed by atoms with van der Waals surface area (Å²) in [7, 11) is -2.72. The van der Waals surface area contributed by atoms with Crippen molar-refractivity contribution in [2.75, 3.05) is 11.8 Å². The predicted molar refractivity (Wildman–Crippen MR) is 126 cm³/mol. The lowest BCUT2D eigenvalue weighted by molar-refractivity contribution is -0.351. The van der Waals surface area contributed by atoms with Crippen molar-refractivity contribution >= 4 is 26.7 Å². The molecule has 0 spiro atoms. The number of benzene rings is 2. The van der Waals surface area contributed by atoms with Crippen LogP contribution in [0.25, 0.3) is 16.6 Å². The molecule has 1 aliphatic carbocycles. The fourth-order valence-electron chi connectivity index (χ4n) is 4.42. The maximum atomic E-state index is 15.2. The van der Waals surface area contributed by atoms with Crippen LogP contribution in [0.15, 0.2) is 69.0 Å². The molecule has 0 unspecified atom stereocenters. The van der Waals surface area contributed by atoms with Gasteiger partial charge in [-0.15, -0.1) is 13.2 Å². The molecule has 1 aliphatic rings. The van der Waals surface area contributed by atoms with Gasteiger partial charge in [-0.1, -0.05) is 5.16 Å². The highest BCUT2D eigenvalue weighted by atomic mass is 32.2. The summed E-state index contributed by atoms with van der Waals surface area (Å²) in [5.41, 5.74) is -0.0801. The van der Waals surface area contributed by atoms with E-state index in [1.54, 1.807) is 0 Å². The number of methoxy groups -OCH3 is 1. The Balaban J connectivity index is 1.51. The van der Waals surface area contributed by atoms with E-state index >= 15 is 4.39 Å². The fourth-order valence-corrected chi connectivity index (χ4v) is 5.44. The minimum atomic E-state index is -4.77. The van der Waals surface area contributed by atoms with E-state index in [0.29, 0.717) is 5.39 Å². The molecule has 0 radical (unpaired) electrons. The molecular formula is C24H19F4N3O6S. The van der Waals surface area contributed by atoms with Crippen molar-refractivity contribution in [3.63, 3.8) is 0 Å². The lowest BCUT2D eigenvalue weighted by atomic mass is 9.77. The molecule has 38 heavy (non-hydrogen) atoms. The Hall–Kier alpha value is -3.91. The molecule has 0 amide bonds. The highest BCUT2D eigenvalue weighted by molar-refractivity contribution is 7.92. The molecule has 0 atom stereocenters. The van der Waals surface area contributed by atoms with Gasteiger partial charge in [-0.2, -0.15) is 0 Å². The highest BCUT2D eigenvalue weighted by Crippen LogP contribution is 2.44.